The van der Waals surface area contributed by atoms with Gasteiger partial charge >= 0.3 is 0 Å². The van der Waals surface area contributed by atoms with Crippen molar-refractivity contribution in [2.75, 3.05) is 0 Å². The fraction of sp³-hybridized carbons (Fsp3) is 0.240. The molecule has 2 aromatic carbocycles. The highest BCUT2D eigenvalue weighted by Crippen LogP contribution is 2.44. The third kappa shape index (κ3) is 3.59. The molecule has 1 aliphatic carbocycles. The lowest BCUT2D eigenvalue weighted by atomic mass is 9.75. The smallest absolute Gasteiger partial charge is 0.270 e. The number of nitrogens with zero attached hydrogens (tertiary/aromatic N) is 2. The van der Waals surface area contributed by atoms with Crippen LogP contribution in [0.15, 0.2) is 71.2 Å². The summed E-state index contributed by atoms with van der Waals surface area (Å²) in [6.07, 6.45) is 1.68. The molecule has 0 saturated carbocycles. The topological polar surface area (TPSA) is 99.2 Å². The largest absolute Gasteiger partial charge is 0.383 e. The minimum atomic E-state index is -0.526. The van der Waals surface area contributed by atoms with Crippen molar-refractivity contribution < 1.29 is 9.59 Å². The van der Waals surface area contributed by atoms with Gasteiger partial charge in [0.2, 0.25) is 0 Å². The van der Waals surface area contributed by atoms with Crippen molar-refractivity contribution in [1.29, 1.82) is 5.26 Å². The van der Waals surface area contributed by atoms with Crippen molar-refractivity contribution >= 4 is 11.7 Å². The van der Waals surface area contributed by atoms with Gasteiger partial charge in [0.25, 0.3) is 5.91 Å². The number of hydrazine groups is 1. The van der Waals surface area contributed by atoms with E-state index in [9.17, 15) is 14.9 Å². The zero-order chi connectivity index (χ0) is 22.1. The number of nitriles is 1. The number of rotatable bonds is 3. The highest BCUT2D eigenvalue weighted by atomic mass is 16.2. The molecule has 2 aliphatic rings. The number of carbonyl (C=O) groups excluding carboxylic acids is 2. The summed E-state index contributed by atoms with van der Waals surface area (Å²) >= 11 is 0. The molecule has 1 amide bonds. The van der Waals surface area contributed by atoms with Crippen LogP contribution in [0.25, 0.3) is 0 Å². The Kier molecular flexibility index (Phi) is 5.35. The van der Waals surface area contributed by atoms with Crippen LogP contribution in [0, 0.1) is 25.2 Å². The lowest BCUT2D eigenvalue weighted by Crippen LogP contribution is -2.48. The second kappa shape index (κ2) is 8.11. The molecule has 156 valence electrons. The first-order valence-electron chi connectivity index (χ1n) is 10.3. The van der Waals surface area contributed by atoms with Gasteiger partial charge in [-0.2, -0.15) is 5.26 Å². The van der Waals surface area contributed by atoms with Crippen LogP contribution in [0.2, 0.25) is 0 Å². The Hall–Kier alpha value is -3.85. The van der Waals surface area contributed by atoms with Crippen molar-refractivity contribution in [2.24, 2.45) is 5.73 Å². The standard InChI is InChI=1S/C25H24N4O2/c1-15-10-12-17(13-11-15)25(31)28-29-20-8-5-9-21(30)23(20)22(19(14-26)24(29)27)18-7-4-3-6-16(18)2/h3-4,6-7,10-13,22H,5,8-9,27H2,1-2H3,(H,28,31). The van der Waals surface area contributed by atoms with Crippen molar-refractivity contribution in [1.82, 2.24) is 10.4 Å². The molecule has 4 rings (SSSR count). The predicted octanol–water partition coefficient (Wildman–Crippen LogP) is 3.75. The maximum Gasteiger partial charge on any atom is 0.270 e. The molecule has 31 heavy (non-hydrogen) atoms. The van der Waals surface area contributed by atoms with Crippen LogP contribution < -0.4 is 11.2 Å². The molecule has 3 N–H and O–H groups in total. The molecule has 1 aliphatic heterocycles. The lowest BCUT2D eigenvalue weighted by molar-refractivity contribution is -0.116. The number of carbonyl (C=O) groups is 2. The molecule has 0 radical (unpaired) electrons. The molecule has 0 aromatic heterocycles. The van der Waals surface area contributed by atoms with Crippen LogP contribution in [-0.4, -0.2) is 16.7 Å². The summed E-state index contributed by atoms with van der Waals surface area (Å²) in [4.78, 5) is 26.0. The lowest BCUT2D eigenvalue weighted by Gasteiger charge is -2.39. The van der Waals surface area contributed by atoms with Crippen LogP contribution in [0.5, 0.6) is 0 Å². The maximum absolute atomic E-state index is 13.1. The average Bonchev–Trinajstić information content (AvgIpc) is 2.76. The molecule has 0 spiro atoms. The molecule has 0 bridgehead atoms. The van der Waals surface area contributed by atoms with Gasteiger partial charge in [-0.15, -0.1) is 0 Å². The molecule has 0 fully saturated rings. The number of Topliss-reactive ketones (excluding diaryl/α,β-unsaturated/α-hetero) is 1. The van der Waals surface area contributed by atoms with Crippen molar-refractivity contribution in [2.45, 2.75) is 39.0 Å². The first kappa shape index (κ1) is 20.4. The third-order valence-electron chi connectivity index (χ3n) is 5.94. The van der Waals surface area contributed by atoms with E-state index in [0.29, 0.717) is 36.1 Å². The number of nitrogens with two attached hydrogens (primary N) is 1. The molecule has 1 unspecified atom stereocenters. The summed E-state index contributed by atoms with van der Waals surface area (Å²) in [5.41, 5.74) is 14.1. The van der Waals surface area contributed by atoms with Crippen molar-refractivity contribution in [3.63, 3.8) is 0 Å². The maximum atomic E-state index is 13.1. The fourth-order valence-electron chi connectivity index (χ4n) is 4.31. The molecule has 6 nitrogen and oxygen atoms in total. The molecular weight excluding hydrogens is 388 g/mol. The van der Waals surface area contributed by atoms with Gasteiger partial charge in [-0.25, -0.2) is 5.01 Å². The molecule has 6 heteroatoms. The normalized spacial score (nSPS) is 18.5. The molecule has 1 heterocycles. The Morgan fingerprint density at radius 3 is 2.52 bits per heavy atom. The van der Waals surface area contributed by atoms with Gasteiger partial charge < -0.3 is 5.73 Å². The van der Waals surface area contributed by atoms with Gasteiger partial charge in [0.1, 0.15) is 5.82 Å². The minimum absolute atomic E-state index is 0.00987. The van der Waals surface area contributed by atoms with Crippen LogP contribution in [0.4, 0.5) is 0 Å². The number of amides is 1. The quantitative estimate of drug-likeness (QED) is 0.800. The number of ketones is 1. The van der Waals surface area contributed by atoms with E-state index in [-0.39, 0.29) is 23.1 Å². The van der Waals surface area contributed by atoms with E-state index in [1.54, 1.807) is 12.1 Å². The van der Waals surface area contributed by atoms with E-state index in [1.807, 2.05) is 50.2 Å². The second-order valence-corrected chi connectivity index (χ2v) is 7.98. The predicted molar refractivity (Wildman–Crippen MR) is 117 cm³/mol. The zero-order valence-electron chi connectivity index (χ0n) is 17.6. The zero-order valence-corrected chi connectivity index (χ0v) is 17.6. The summed E-state index contributed by atoms with van der Waals surface area (Å²) in [6.45, 7) is 3.91. The minimum Gasteiger partial charge on any atom is -0.383 e. The van der Waals surface area contributed by atoms with E-state index in [2.05, 4.69) is 11.5 Å². The van der Waals surface area contributed by atoms with Gasteiger partial charge in [0, 0.05) is 23.3 Å². The number of hydrogen-bond donors (Lipinski definition) is 2. The highest BCUT2D eigenvalue weighted by molar-refractivity contribution is 6.00. The third-order valence-corrected chi connectivity index (χ3v) is 5.94. The summed E-state index contributed by atoms with van der Waals surface area (Å²) < 4.78 is 0. The van der Waals surface area contributed by atoms with Crippen LogP contribution in [0.3, 0.4) is 0 Å². The summed E-state index contributed by atoms with van der Waals surface area (Å²) in [5, 5.41) is 11.4. The Morgan fingerprint density at radius 2 is 1.84 bits per heavy atom. The number of benzene rings is 2. The van der Waals surface area contributed by atoms with E-state index in [0.717, 1.165) is 16.7 Å². The Balaban J connectivity index is 1.82. The first-order chi connectivity index (χ1) is 14.9. The van der Waals surface area contributed by atoms with Gasteiger partial charge in [-0.1, -0.05) is 42.0 Å². The van der Waals surface area contributed by atoms with Crippen molar-refractivity contribution in [3.8, 4) is 6.07 Å². The molecule has 0 saturated heterocycles. The van der Waals surface area contributed by atoms with E-state index < -0.39 is 5.92 Å². The fourth-order valence-corrected chi connectivity index (χ4v) is 4.31. The summed E-state index contributed by atoms with van der Waals surface area (Å²) in [5.74, 6) is -0.727. The Morgan fingerprint density at radius 1 is 1.13 bits per heavy atom. The SMILES string of the molecule is Cc1ccc(C(=O)NN2C(N)=C(C#N)C(c3ccccc3C)C3=C2CCCC3=O)cc1. The number of allylic oxidation sites excluding steroid dienone is 3. The van der Waals surface area contributed by atoms with Crippen molar-refractivity contribution in [3.05, 3.63) is 93.4 Å². The molecule has 2 aromatic rings. The summed E-state index contributed by atoms with van der Waals surface area (Å²) in [6, 6.07) is 17.1. The van der Waals surface area contributed by atoms with Crippen LogP contribution >= 0.6 is 0 Å². The van der Waals surface area contributed by atoms with Gasteiger partial charge in [-0.05, 0) is 49.9 Å². The molecular formula is C25H24N4O2. The van der Waals surface area contributed by atoms with E-state index >= 15 is 0 Å². The molecule has 1 atom stereocenters. The van der Waals surface area contributed by atoms with Gasteiger partial charge in [0.15, 0.2) is 5.78 Å². The highest BCUT2D eigenvalue weighted by Gasteiger charge is 2.40. The van der Waals surface area contributed by atoms with Crippen LogP contribution in [0.1, 0.15) is 52.2 Å². The van der Waals surface area contributed by atoms with Gasteiger partial charge in [0.05, 0.1) is 17.6 Å². The Bertz CT molecular complexity index is 1170. The monoisotopic (exact) mass is 412 g/mol. The summed E-state index contributed by atoms with van der Waals surface area (Å²) in [7, 11) is 0. The van der Waals surface area contributed by atoms with Gasteiger partial charge in [-0.3, -0.25) is 15.0 Å². The second-order valence-electron chi connectivity index (χ2n) is 7.98. The first-order valence-corrected chi connectivity index (χ1v) is 10.3. The number of hydrogen-bond acceptors (Lipinski definition) is 5. The Labute approximate surface area is 181 Å². The van der Waals surface area contributed by atoms with E-state index in [1.165, 1.54) is 5.01 Å². The van der Waals surface area contributed by atoms with Crippen LogP contribution in [-0.2, 0) is 4.79 Å². The van der Waals surface area contributed by atoms with E-state index in [4.69, 9.17) is 5.73 Å². The average molecular weight is 412 g/mol. The number of aryl methyl sites for hydroxylation is 2. The number of nitrogens with one attached hydrogen (secondary N) is 1.